The van der Waals surface area contributed by atoms with Crippen LogP contribution in [-0.2, 0) is 19.0 Å². The van der Waals surface area contributed by atoms with E-state index in [1.54, 1.807) is 0 Å². The lowest BCUT2D eigenvalue weighted by Crippen LogP contribution is -2.65. The molecule has 0 aromatic heterocycles. The van der Waals surface area contributed by atoms with Crippen molar-refractivity contribution in [2.24, 2.45) is 0 Å². The smallest absolute Gasteiger partial charge is 0.335 e. The fourth-order valence-corrected chi connectivity index (χ4v) is 2.54. The third-order valence-electron chi connectivity index (χ3n) is 3.95. The van der Waals surface area contributed by atoms with E-state index in [0.717, 1.165) is 0 Å². The molecule has 2 rings (SSSR count). The molecule has 0 amide bonds. The Bertz CT molecular complexity index is 444. The molecule has 0 bridgehead atoms. The van der Waals surface area contributed by atoms with E-state index in [1.165, 1.54) is 0 Å². The van der Waals surface area contributed by atoms with Crippen molar-refractivity contribution in [3.63, 3.8) is 0 Å². The van der Waals surface area contributed by atoms with E-state index in [4.69, 9.17) is 19.7 Å². The molecule has 2 aliphatic rings. The highest BCUT2D eigenvalue weighted by atomic mass is 16.7. The zero-order chi connectivity index (χ0) is 18.2. The highest BCUT2D eigenvalue weighted by Gasteiger charge is 2.52. The second-order valence-electron chi connectivity index (χ2n) is 5.56. The van der Waals surface area contributed by atoms with Gasteiger partial charge in [0.1, 0.15) is 42.7 Å². The Hall–Kier alpha value is -0.930. The molecule has 24 heavy (non-hydrogen) atoms. The zero-order valence-corrected chi connectivity index (χ0v) is 12.2. The summed E-state index contributed by atoms with van der Waals surface area (Å²) in [5.41, 5.74) is 0. The average Bonchev–Trinajstić information content (AvgIpc) is 2.54. The van der Waals surface area contributed by atoms with Crippen LogP contribution in [0.25, 0.3) is 0 Å². The lowest BCUT2D eigenvalue weighted by Gasteiger charge is -2.44. The summed E-state index contributed by atoms with van der Waals surface area (Å²) in [5.74, 6) is -1.63. The van der Waals surface area contributed by atoms with E-state index in [1.807, 2.05) is 0 Å². The van der Waals surface area contributed by atoms with Crippen molar-refractivity contribution in [3.05, 3.63) is 0 Å². The number of carbonyl (C=O) groups is 1. The van der Waals surface area contributed by atoms with Gasteiger partial charge in [-0.1, -0.05) is 0 Å². The fraction of sp³-hybridized carbons (Fsp3) is 0.917. The van der Waals surface area contributed by atoms with Gasteiger partial charge in [-0.2, -0.15) is 0 Å². The molecule has 8 N–H and O–H groups in total. The van der Waals surface area contributed by atoms with Crippen LogP contribution in [0, 0.1) is 0 Å². The van der Waals surface area contributed by atoms with Crippen LogP contribution in [0.15, 0.2) is 0 Å². The van der Waals surface area contributed by atoms with Crippen LogP contribution < -0.4 is 0 Å². The maximum atomic E-state index is 11.2. The summed E-state index contributed by atoms with van der Waals surface area (Å²) in [6.07, 6.45) is -17.8. The van der Waals surface area contributed by atoms with Crippen molar-refractivity contribution in [1.82, 2.24) is 0 Å². The maximum absolute atomic E-state index is 11.2. The summed E-state index contributed by atoms with van der Waals surface area (Å²) >= 11 is 0. The molecule has 0 radical (unpaired) electrons. The largest absolute Gasteiger partial charge is 0.479 e. The van der Waals surface area contributed by atoms with Gasteiger partial charge in [-0.05, 0) is 0 Å². The van der Waals surface area contributed by atoms with Crippen LogP contribution in [0.5, 0.6) is 0 Å². The number of carboxylic acids is 1. The van der Waals surface area contributed by atoms with Gasteiger partial charge in [0.05, 0.1) is 6.61 Å². The lowest BCUT2D eigenvalue weighted by atomic mass is 9.97. The molecule has 0 aromatic carbocycles. The third kappa shape index (κ3) is 3.52. The number of hydrogen-bond acceptors (Lipinski definition) is 11. The van der Waals surface area contributed by atoms with Crippen LogP contribution in [0.4, 0.5) is 0 Å². The van der Waals surface area contributed by atoms with E-state index < -0.39 is 74.0 Å². The predicted octanol–water partition coefficient (Wildman–Crippen LogP) is -5.30. The molecule has 140 valence electrons. The van der Waals surface area contributed by atoms with Crippen LogP contribution in [0.1, 0.15) is 0 Å². The average molecular weight is 356 g/mol. The Labute approximate surface area is 135 Å². The van der Waals surface area contributed by atoms with Gasteiger partial charge in [-0.3, -0.25) is 0 Å². The SMILES string of the molecule is O=C(O)[C@H]1O[C@H](O)[C@H](O)[C@@H](O)[C@@H]1O[C@@H]1O[C@H](CO)[C@@H](O)[C@H](O)[C@H]1O. The molecule has 0 saturated carbocycles. The summed E-state index contributed by atoms with van der Waals surface area (Å²) < 4.78 is 14.8. The molecule has 2 aliphatic heterocycles. The highest BCUT2D eigenvalue weighted by Crippen LogP contribution is 2.28. The molecule has 2 fully saturated rings. The standard InChI is InChI=1S/C12H20O12/c13-1-2-3(14)4(15)7(18)12(22-2)24-8-5(16)6(17)11(21)23-9(8)10(19)20/h2-9,11-18,21H,1H2,(H,19,20)/t2-,3-,4+,5-,6-,7-,8+,9+,11+,12+/m1/s1. The van der Waals surface area contributed by atoms with E-state index in [-0.39, 0.29) is 0 Å². The van der Waals surface area contributed by atoms with Gasteiger partial charge in [0.25, 0.3) is 0 Å². The first-order valence-electron chi connectivity index (χ1n) is 7.07. The van der Waals surface area contributed by atoms with Crippen LogP contribution >= 0.6 is 0 Å². The van der Waals surface area contributed by atoms with Gasteiger partial charge in [-0.25, -0.2) is 4.79 Å². The number of rotatable bonds is 4. The predicted molar refractivity (Wildman–Crippen MR) is 69.2 cm³/mol. The summed E-state index contributed by atoms with van der Waals surface area (Å²) in [4.78, 5) is 11.2. The summed E-state index contributed by atoms with van der Waals surface area (Å²) in [5, 5.41) is 76.2. The van der Waals surface area contributed by atoms with E-state index >= 15 is 0 Å². The minimum Gasteiger partial charge on any atom is -0.479 e. The number of ether oxygens (including phenoxy) is 3. The van der Waals surface area contributed by atoms with Gasteiger partial charge < -0.3 is 55.1 Å². The van der Waals surface area contributed by atoms with Gasteiger partial charge in [-0.15, -0.1) is 0 Å². The minimum absolute atomic E-state index is 0.738. The Morgan fingerprint density at radius 2 is 1.50 bits per heavy atom. The summed E-state index contributed by atoms with van der Waals surface area (Å²) in [6, 6.07) is 0. The first-order chi connectivity index (χ1) is 11.2. The van der Waals surface area contributed by atoms with Gasteiger partial charge >= 0.3 is 5.97 Å². The fourth-order valence-electron chi connectivity index (χ4n) is 2.54. The lowest BCUT2D eigenvalue weighted by molar-refractivity contribution is -0.350. The summed E-state index contributed by atoms with van der Waals surface area (Å²) in [6.45, 7) is -0.738. The van der Waals surface area contributed by atoms with Crippen LogP contribution in [-0.4, -0.2) is 115 Å². The van der Waals surface area contributed by atoms with Crippen molar-refractivity contribution < 1.29 is 59.9 Å². The zero-order valence-electron chi connectivity index (χ0n) is 12.2. The Morgan fingerprint density at radius 3 is 2.04 bits per heavy atom. The second kappa shape index (κ2) is 7.53. The van der Waals surface area contributed by atoms with Crippen molar-refractivity contribution in [1.29, 1.82) is 0 Å². The molecule has 0 spiro atoms. The molecule has 12 nitrogen and oxygen atoms in total. The molecular weight excluding hydrogens is 336 g/mol. The third-order valence-corrected chi connectivity index (χ3v) is 3.95. The normalized spacial score (nSPS) is 49.8. The molecule has 0 aliphatic carbocycles. The minimum atomic E-state index is -1.98. The Morgan fingerprint density at radius 1 is 0.875 bits per heavy atom. The van der Waals surface area contributed by atoms with E-state index in [0.29, 0.717) is 0 Å². The Balaban J connectivity index is 2.18. The molecule has 0 aromatic rings. The molecule has 12 heteroatoms. The second-order valence-corrected chi connectivity index (χ2v) is 5.56. The number of aliphatic hydroxyl groups excluding tert-OH is 7. The van der Waals surface area contributed by atoms with Crippen molar-refractivity contribution >= 4 is 5.97 Å². The Kier molecular flexibility index (Phi) is 6.09. The molecule has 2 saturated heterocycles. The van der Waals surface area contributed by atoms with Gasteiger partial charge in [0.2, 0.25) is 0 Å². The van der Waals surface area contributed by atoms with Crippen LogP contribution in [0.2, 0.25) is 0 Å². The highest BCUT2D eigenvalue weighted by molar-refractivity contribution is 5.73. The van der Waals surface area contributed by atoms with E-state index in [9.17, 15) is 35.4 Å². The number of aliphatic carboxylic acids is 1. The maximum Gasteiger partial charge on any atom is 0.335 e. The monoisotopic (exact) mass is 356 g/mol. The quantitative estimate of drug-likeness (QED) is 0.238. The van der Waals surface area contributed by atoms with Gasteiger partial charge in [0, 0.05) is 0 Å². The van der Waals surface area contributed by atoms with E-state index in [2.05, 4.69) is 4.74 Å². The first kappa shape index (κ1) is 19.4. The van der Waals surface area contributed by atoms with Crippen LogP contribution in [0.3, 0.4) is 0 Å². The number of carboxylic acid groups (broad SMARTS) is 1. The van der Waals surface area contributed by atoms with Gasteiger partial charge in [0.15, 0.2) is 18.7 Å². The number of aliphatic hydroxyl groups is 7. The summed E-state index contributed by atoms with van der Waals surface area (Å²) in [7, 11) is 0. The topological polar surface area (TPSA) is 207 Å². The van der Waals surface area contributed by atoms with Crippen molar-refractivity contribution in [2.75, 3.05) is 6.61 Å². The molecular formula is C12H20O12. The van der Waals surface area contributed by atoms with Crippen molar-refractivity contribution in [2.45, 2.75) is 61.4 Å². The molecule has 10 atom stereocenters. The first-order valence-corrected chi connectivity index (χ1v) is 7.07. The molecule has 2 heterocycles. The number of hydrogen-bond donors (Lipinski definition) is 8. The van der Waals surface area contributed by atoms with Crippen molar-refractivity contribution in [3.8, 4) is 0 Å². The molecule has 0 unspecified atom stereocenters.